The second-order valence-corrected chi connectivity index (χ2v) is 4.21. The van der Waals surface area contributed by atoms with Crippen molar-refractivity contribution >= 4 is 11.6 Å². The number of hydrogen-bond donors (Lipinski definition) is 1. The third kappa shape index (κ3) is 4.27. The molecule has 0 radical (unpaired) electrons. The first-order valence-corrected chi connectivity index (χ1v) is 6.44. The number of nitrogens with zero attached hydrogens (tertiary/aromatic N) is 2. The van der Waals surface area contributed by atoms with Crippen LogP contribution in [-0.4, -0.2) is 41.9 Å². The van der Waals surface area contributed by atoms with Crippen LogP contribution in [0.15, 0.2) is 18.2 Å². The topological polar surface area (TPSA) is 75.5 Å². The predicted octanol–water partition coefficient (Wildman–Crippen LogP) is 1.81. The molecule has 1 aromatic rings. The van der Waals surface area contributed by atoms with E-state index in [1.54, 1.807) is 0 Å². The van der Waals surface area contributed by atoms with Gasteiger partial charge in [-0.2, -0.15) is 4.39 Å². The highest BCUT2D eigenvalue weighted by Gasteiger charge is 2.17. The third-order valence-corrected chi connectivity index (χ3v) is 3.01. The van der Waals surface area contributed by atoms with Gasteiger partial charge in [0.25, 0.3) is 5.91 Å². The van der Waals surface area contributed by atoms with Crippen LogP contribution in [0.3, 0.4) is 0 Å². The van der Waals surface area contributed by atoms with Gasteiger partial charge in [0.15, 0.2) is 0 Å². The fourth-order valence-electron chi connectivity index (χ4n) is 1.76. The Morgan fingerprint density at radius 1 is 1.40 bits per heavy atom. The molecule has 0 saturated carbocycles. The van der Waals surface area contributed by atoms with Crippen LogP contribution in [0.25, 0.3) is 0 Å². The van der Waals surface area contributed by atoms with Gasteiger partial charge in [0, 0.05) is 24.7 Å². The van der Waals surface area contributed by atoms with Crippen LogP contribution < -0.4 is 5.32 Å². The van der Waals surface area contributed by atoms with Gasteiger partial charge in [-0.15, -0.1) is 0 Å². The van der Waals surface area contributed by atoms with Gasteiger partial charge < -0.3 is 10.2 Å². The summed E-state index contributed by atoms with van der Waals surface area (Å²) in [4.78, 5) is 23.7. The molecule has 1 rings (SSSR count). The zero-order valence-corrected chi connectivity index (χ0v) is 11.6. The number of nitrogens with one attached hydrogen (secondary N) is 1. The summed E-state index contributed by atoms with van der Waals surface area (Å²) in [5, 5.41) is 13.3. The molecule has 0 heterocycles. The molecule has 6 nitrogen and oxygen atoms in total. The van der Waals surface area contributed by atoms with E-state index < -0.39 is 22.3 Å². The second-order valence-electron chi connectivity index (χ2n) is 4.21. The fraction of sp³-hybridized carbons (Fsp3) is 0.462. The molecule has 0 aliphatic carbocycles. The monoisotopic (exact) mass is 283 g/mol. The maximum Gasteiger partial charge on any atom is 0.305 e. The Hall–Kier alpha value is -2.02. The lowest BCUT2D eigenvalue weighted by atomic mass is 10.2. The quantitative estimate of drug-likeness (QED) is 0.611. The number of halogens is 1. The van der Waals surface area contributed by atoms with Crippen molar-refractivity contribution in [2.45, 2.75) is 13.8 Å². The number of likely N-dealkylation sites (N-methyl/N-ethyl adjacent to an activating group) is 1. The van der Waals surface area contributed by atoms with Crippen LogP contribution in [0.5, 0.6) is 0 Å². The van der Waals surface area contributed by atoms with Gasteiger partial charge in [-0.1, -0.05) is 13.8 Å². The van der Waals surface area contributed by atoms with Gasteiger partial charge in [0.05, 0.1) is 4.92 Å². The maximum atomic E-state index is 13.2. The Morgan fingerprint density at radius 3 is 2.60 bits per heavy atom. The lowest BCUT2D eigenvalue weighted by Crippen LogP contribution is -2.34. The van der Waals surface area contributed by atoms with Crippen LogP contribution in [0.2, 0.25) is 0 Å². The first-order valence-electron chi connectivity index (χ1n) is 6.44. The number of nitro groups is 1. The zero-order chi connectivity index (χ0) is 15.1. The molecule has 0 bridgehead atoms. The summed E-state index contributed by atoms with van der Waals surface area (Å²) < 4.78 is 13.2. The Kier molecular flexibility index (Phi) is 6.05. The summed E-state index contributed by atoms with van der Waals surface area (Å²) in [5.74, 6) is -1.39. The largest absolute Gasteiger partial charge is 0.351 e. The van der Waals surface area contributed by atoms with Crippen molar-refractivity contribution in [3.8, 4) is 0 Å². The van der Waals surface area contributed by atoms with E-state index in [0.717, 1.165) is 25.2 Å². The second kappa shape index (κ2) is 7.54. The number of carbonyl (C=O) groups is 1. The fourth-order valence-corrected chi connectivity index (χ4v) is 1.76. The minimum atomic E-state index is -0.949. The maximum absolute atomic E-state index is 13.2. The van der Waals surface area contributed by atoms with Crippen molar-refractivity contribution in [3.05, 3.63) is 39.7 Å². The summed E-state index contributed by atoms with van der Waals surface area (Å²) in [6.07, 6.45) is 0. The van der Waals surface area contributed by atoms with E-state index in [4.69, 9.17) is 0 Å². The summed E-state index contributed by atoms with van der Waals surface area (Å²) in [6, 6.07) is 3.11. The molecule has 0 saturated heterocycles. The molecule has 110 valence electrons. The Balaban J connectivity index is 2.64. The molecule has 0 aromatic heterocycles. The smallest absolute Gasteiger partial charge is 0.305 e. The Labute approximate surface area is 116 Å². The minimum Gasteiger partial charge on any atom is -0.351 e. The highest BCUT2D eigenvalue weighted by Crippen LogP contribution is 2.18. The lowest BCUT2D eigenvalue weighted by molar-refractivity contribution is -0.387. The van der Waals surface area contributed by atoms with Gasteiger partial charge in [-0.25, -0.2) is 0 Å². The zero-order valence-electron chi connectivity index (χ0n) is 11.6. The Morgan fingerprint density at radius 2 is 2.05 bits per heavy atom. The van der Waals surface area contributed by atoms with Crippen molar-refractivity contribution in [2.75, 3.05) is 26.2 Å². The number of rotatable bonds is 7. The summed E-state index contributed by atoms with van der Waals surface area (Å²) >= 11 is 0. The number of hydrogen-bond acceptors (Lipinski definition) is 4. The predicted molar refractivity (Wildman–Crippen MR) is 73.2 cm³/mol. The van der Waals surface area contributed by atoms with Crippen LogP contribution in [0.1, 0.15) is 24.2 Å². The lowest BCUT2D eigenvalue weighted by Gasteiger charge is -2.17. The van der Waals surface area contributed by atoms with Gasteiger partial charge in [0.2, 0.25) is 5.82 Å². The molecule has 0 atom stereocenters. The minimum absolute atomic E-state index is 0.0812. The normalized spacial score (nSPS) is 10.6. The van der Waals surface area contributed by atoms with E-state index in [1.807, 2.05) is 13.8 Å². The van der Waals surface area contributed by atoms with Gasteiger partial charge in [-0.05, 0) is 25.2 Å². The van der Waals surface area contributed by atoms with Crippen LogP contribution in [-0.2, 0) is 0 Å². The van der Waals surface area contributed by atoms with E-state index in [2.05, 4.69) is 10.2 Å². The summed E-state index contributed by atoms with van der Waals surface area (Å²) in [6.45, 7) is 6.94. The highest BCUT2D eigenvalue weighted by atomic mass is 19.1. The number of nitro benzene ring substituents is 1. The van der Waals surface area contributed by atoms with E-state index in [1.165, 1.54) is 6.07 Å². The molecular weight excluding hydrogens is 265 g/mol. The number of benzene rings is 1. The Bertz CT molecular complexity index is 490. The van der Waals surface area contributed by atoms with Crippen LogP contribution in [0, 0.1) is 15.9 Å². The first kappa shape index (κ1) is 16.0. The average Bonchev–Trinajstić information content (AvgIpc) is 2.43. The standard InChI is InChI=1S/C13H18FN3O3/c1-3-16(4-2)8-7-15-13(18)10-5-6-11(14)12(9-10)17(19)20/h5-6,9H,3-4,7-8H2,1-2H3,(H,15,18). The van der Waals surface area contributed by atoms with Crippen molar-refractivity contribution in [1.29, 1.82) is 0 Å². The van der Waals surface area contributed by atoms with Crippen molar-refractivity contribution in [3.63, 3.8) is 0 Å². The molecule has 0 aliphatic heterocycles. The van der Waals surface area contributed by atoms with Crippen LogP contribution >= 0.6 is 0 Å². The molecule has 0 fully saturated rings. The van der Waals surface area contributed by atoms with Gasteiger partial charge in [0.1, 0.15) is 0 Å². The molecule has 20 heavy (non-hydrogen) atoms. The van der Waals surface area contributed by atoms with Gasteiger partial charge >= 0.3 is 5.69 Å². The molecule has 1 aromatic carbocycles. The van der Waals surface area contributed by atoms with Crippen molar-refractivity contribution in [1.82, 2.24) is 10.2 Å². The van der Waals surface area contributed by atoms with Crippen molar-refractivity contribution in [2.24, 2.45) is 0 Å². The molecule has 1 amide bonds. The number of carbonyl (C=O) groups excluding carboxylic acids is 1. The third-order valence-electron chi connectivity index (χ3n) is 3.01. The molecule has 1 N–H and O–H groups in total. The van der Waals surface area contributed by atoms with E-state index in [0.29, 0.717) is 13.1 Å². The number of amides is 1. The van der Waals surface area contributed by atoms with E-state index in [-0.39, 0.29) is 5.56 Å². The summed E-state index contributed by atoms with van der Waals surface area (Å²) in [7, 11) is 0. The molecule has 0 spiro atoms. The van der Waals surface area contributed by atoms with Crippen molar-refractivity contribution < 1.29 is 14.1 Å². The molecule has 7 heteroatoms. The summed E-state index contributed by atoms with van der Waals surface area (Å²) in [5.41, 5.74) is -0.612. The molecule has 0 aliphatic rings. The van der Waals surface area contributed by atoms with E-state index in [9.17, 15) is 19.3 Å². The highest BCUT2D eigenvalue weighted by molar-refractivity contribution is 5.94. The van der Waals surface area contributed by atoms with Gasteiger partial charge in [-0.3, -0.25) is 14.9 Å². The first-order chi connectivity index (χ1) is 9.49. The average molecular weight is 283 g/mol. The SMILES string of the molecule is CCN(CC)CCNC(=O)c1ccc(F)c([N+](=O)[O-])c1. The van der Waals surface area contributed by atoms with Crippen LogP contribution in [0.4, 0.5) is 10.1 Å². The molecular formula is C13H18FN3O3. The van der Waals surface area contributed by atoms with E-state index >= 15 is 0 Å². The molecule has 0 unspecified atom stereocenters.